The molecule has 0 radical (unpaired) electrons. The maximum atomic E-state index is 13.7. The average molecular weight is 407 g/mol. The van der Waals surface area contributed by atoms with Gasteiger partial charge in [0.1, 0.15) is 18.2 Å². The molecule has 156 valence electrons. The van der Waals surface area contributed by atoms with Gasteiger partial charge in [0.05, 0.1) is 0 Å². The van der Waals surface area contributed by atoms with Gasteiger partial charge in [-0.25, -0.2) is 4.39 Å². The molecule has 0 spiro atoms. The van der Waals surface area contributed by atoms with Crippen LogP contribution in [0.4, 0.5) is 4.39 Å². The van der Waals surface area contributed by atoms with Crippen LogP contribution in [0, 0.1) is 5.82 Å². The average Bonchev–Trinajstić information content (AvgIpc) is 2.77. The monoisotopic (exact) mass is 407 g/mol. The Kier molecular flexibility index (Phi) is 7.57. The highest BCUT2D eigenvalue weighted by molar-refractivity contribution is 5.82. The summed E-state index contributed by atoms with van der Waals surface area (Å²) < 4.78 is 19.5. The third-order valence-corrected chi connectivity index (χ3v) is 4.87. The molecule has 0 heterocycles. The second-order valence-corrected chi connectivity index (χ2v) is 7.29. The lowest BCUT2D eigenvalue weighted by Crippen LogP contribution is -2.36. The number of nitrogens with one attached hydrogen (secondary N) is 1. The molecule has 1 amide bonds. The number of ether oxygens (including phenoxy) is 1. The Morgan fingerprint density at radius 1 is 0.967 bits per heavy atom. The Morgan fingerprint density at radius 2 is 1.63 bits per heavy atom. The highest BCUT2D eigenvalue weighted by atomic mass is 19.1. The van der Waals surface area contributed by atoms with E-state index in [1.165, 1.54) is 18.2 Å². The van der Waals surface area contributed by atoms with E-state index in [0.29, 0.717) is 13.0 Å². The standard InChI is InChI=1S/C25H26FNO3/c1-18(27-25(29)24(28)22-9-5-6-10-23(22)26)11-12-19-13-15-21(16-14-19)30-17-20-7-3-2-4-8-20/h2-10,13-16,18,24,28H,11-12,17H2,1H3,(H,27,29)/t18-,24+/m1/s1. The van der Waals surface area contributed by atoms with Gasteiger partial charge >= 0.3 is 0 Å². The Labute approximate surface area is 176 Å². The van der Waals surface area contributed by atoms with Gasteiger partial charge < -0.3 is 15.2 Å². The Morgan fingerprint density at radius 3 is 2.33 bits per heavy atom. The van der Waals surface area contributed by atoms with Crippen molar-refractivity contribution in [3.8, 4) is 5.75 Å². The van der Waals surface area contributed by atoms with Crippen LogP contribution in [-0.2, 0) is 17.8 Å². The SMILES string of the molecule is C[C@H](CCc1ccc(OCc2ccccc2)cc1)NC(=O)[C@@H](O)c1ccccc1F. The van der Waals surface area contributed by atoms with E-state index in [4.69, 9.17) is 4.74 Å². The molecule has 0 fully saturated rings. The molecule has 0 saturated carbocycles. The summed E-state index contributed by atoms with van der Waals surface area (Å²) in [5.41, 5.74) is 2.22. The maximum Gasteiger partial charge on any atom is 0.253 e. The second kappa shape index (κ2) is 10.6. The van der Waals surface area contributed by atoms with Crippen molar-refractivity contribution in [2.24, 2.45) is 0 Å². The third-order valence-electron chi connectivity index (χ3n) is 4.87. The van der Waals surface area contributed by atoms with Gasteiger partial charge in [0, 0.05) is 11.6 Å². The van der Waals surface area contributed by atoms with Crippen molar-refractivity contribution >= 4 is 5.91 Å². The highest BCUT2D eigenvalue weighted by Gasteiger charge is 2.21. The summed E-state index contributed by atoms with van der Waals surface area (Å²) in [7, 11) is 0. The van der Waals surface area contributed by atoms with Crippen molar-refractivity contribution in [1.29, 1.82) is 0 Å². The second-order valence-electron chi connectivity index (χ2n) is 7.29. The van der Waals surface area contributed by atoms with Gasteiger partial charge in [0.25, 0.3) is 5.91 Å². The fourth-order valence-corrected chi connectivity index (χ4v) is 3.11. The number of amides is 1. The number of halogens is 1. The van der Waals surface area contributed by atoms with Crippen molar-refractivity contribution in [2.45, 2.75) is 38.5 Å². The van der Waals surface area contributed by atoms with Gasteiger partial charge in [-0.15, -0.1) is 0 Å². The molecule has 0 aromatic heterocycles. The van der Waals surface area contributed by atoms with Gasteiger partial charge in [-0.2, -0.15) is 0 Å². The van der Waals surface area contributed by atoms with E-state index in [1.54, 1.807) is 6.07 Å². The number of carbonyl (C=O) groups is 1. The van der Waals surface area contributed by atoms with Crippen LogP contribution >= 0.6 is 0 Å². The van der Waals surface area contributed by atoms with Gasteiger partial charge in [0.2, 0.25) is 0 Å². The number of carbonyl (C=O) groups excluding carboxylic acids is 1. The molecule has 0 aliphatic heterocycles. The quantitative estimate of drug-likeness (QED) is 0.546. The topological polar surface area (TPSA) is 58.6 Å². The number of aryl methyl sites for hydroxylation is 1. The number of aliphatic hydroxyl groups is 1. The van der Waals surface area contributed by atoms with E-state index in [9.17, 15) is 14.3 Å². The third kappa shape index (κ3) is 6.16. The molecule has 30 heavy (non-hydrogen) atoms. The van der Waals surface area contributed by atoms with Crippen molar-refractivity contribution in [1.82, 2.24) is 5.32 Å². The molecule has 0 unspecified atom stereocenters. The fraction of sp³-hybridized carbons (Fsp3) is 0.240. The van der Waals surface area contributed by atoms with Crippen molar-refractivity contribution in [3.63, 3.8) is 0 Å². The van der Waals surface area contributed by atoms with Crippen molar-refractivity contribution in [2.75, 3.05) is 0 Å². The zero-order valence-corrected chi connectivity index (χ0v) is 16.9. The zero-order valence-electron chi connectivity index (χ0n) is 16.9. The van der Waals surface area contributed by atoms with Crippen LogP contribution in [0.3, 0.4) is 0 Å². The van der Waals surface area contributed by atoms with Crippen LogP contribution in [-0.4, -0.2) is 17.1 Å². The van der Waals surface area contributed by atoms with Crippen LogP contribution in [0.15, 0.2) is 78.9 Å². The summed E-state index contributed by atoms with van der Waals surface area (Å²) in [6, 6.07) is 23.4. The number of hydrogen-bond donors (Lipinski definition) is 2. The number of rotatable bonds is 9. The predicted molar refractivity (Wildman–Crippen MR) is 115 cm³/mol. The van der Waals surface area contributed by atoms with Gasteiger partial charge in [-0.1, -0.05) is 60.7 Å². The predicted octanol–water partition coefficient (Wildman–Crippen LogP) is 4.58. The molecule has 3 aromatic rings. The van der Waals surface area contributed by atoms with Crippen molar-refractivity contribution in [3.05, 3.63) is 101 Å². The molecular weight excluding hydrogens is 381 g/mol. The van der Waals surface area contributed by atoms with Crippen LogP contribution < -0.4 is 10.1 Å². The molecule has 2 N–H and O–H groups in total. The normalized spacial score (nSPS) is 12.8. The van der Waals surface area contributed by atoms with Crippen molar-refractivity contribution < 1.29 is 19.0 Å². The van der Waals surface area contributed by atoms with Crippen LogP contribution in [0.1, 0.15) is 36.1 Å². The summed E-state index contributed by atoms with van der Waals surface area (Å²) in [5, 5.41) is 12.8. The molecule has 3 aromatic carbocycles. The molecule has 3 rings (SSSR count). The molecular formula is C25H26FNO3. The lowest BCUT2D eigenvalue weighted by Gasteiger charge is -2.17. The van der Waals surface area contributed by atoms with Crippen LogP contribution in [0.5, 0.6) is 5.75 Å². The molecule has 0 aliphatic carbocycles. The minimum atomic E-state index is -1.52. The smallest absolute Gasteiger partial charge is 0.253 e. The fourth-order valence-electron chi connectivity index (χ4n) is 3.11. The zero-order chi connectivity index (χ0) is 21.3. The molecule has 5 heteroatoms. The molecule has 2 atom stereocenters. The summed E-state index contributed by atoms with van der Waals surface area (Å²) >= 11 is 0. The minimum absolute atomic E-state index is 0.0201. The van der Waals surface area contributed by atoms with Gasteiger partial charge in [0.15, 0.2) is 6.10 Å². The van der Waals surface area contributed by atoms with E-state index in [2.05, 4.69) is 5.32 Å². The maximum absolute atomic E-state index is 13.7. The Bertz CT molecular complexity index is 944. The molecule has 0 aliphatic rings. The van der Waals surface area contributed by atoms with Crippen LogP contribution in [0.25, 0.3) is 0 Å². The molecule has 0 bridgehead atoms. The molecule has 4 nitrogen and oxygen atoms in total. The van der Waals surface area contributed by atoms with E-state index < -0.39 is 17.8 Å². The Hall–Kier alpha value is -3.18. The summed E-state index contributed by atoms with van der Waals surface area (Å²) in [6.45, 7) is 2.39. The van der Waals surface area contributed by atoms with Gasteiger partial charge in [-0.05, 0) is 49.1 Å². The summed E-state index contributed by atoms with van der Waals surface area (Å²) in [5.74, 6) is -0.392. The highest BCUT2D eigenvalue weighted by Crippen LogP contribution is 2.18. The first kappa shape index (κ1) is 21.5. The summed E-state index contributed by atoms with van der Waals surface area (Å²) in [4.78, 5) is 12.2. The number of aliphatic hydroxyl groups excluding tert-OH is 1. The number of hydrogen-bond acceptors (Lipinski definition) is 3. The lowest BCUT2D eigenvalue weighted by molar-refractivity contribution is -0.130. The lowest BCUT2D eigenvalue weighted by atomic mass is 10.0. The minimum Gasteiger partial charge on any atom is -0.489 e. The summed E-state index contributed by atoms with van der Waals surface area (Å²) in [6.07, 6.45) is -0.0643. The first-order valence-electron chi connectivity index (χ1n) is 10.0. The van der Waals surface area contributed by atoms with Gasteiger partial charge in [-0.3, -0.25) is 4.79 Å². The first-order valence-corrected chi connectivity index (χ1v) is 10.0. The number of benzene rings is 3. The van der Waals surface area contributed by atoms with E-state index in [1.807, 2.05) is 61.5 Å². The van der Waals surface area contributed by atoms with E-state index in [-0.39, 0.29) is 11.6 Å². The van der Waals surface area contributed by atoms with E-state index >= 15 is 0 Å². The largest absolute Gasteiger partial charge is 0.489 e. The first-order chi connectivity index (χ1) is 14.5. The van der Waals surface area contributed by atoms with E-state index in [0.717, 1.165) is 23.3 Å². The van der Waals surface area contributed by atoms with Crippen LogP contribution in [0.2, 0.25) is 0 Å². The molecule has 0 saturated heterocycles. The Balaban J connectivity index is 1.44.